The SMILES string of the molecule is c1ccc2c(c1)Sc1cc3c(cc1C21c2ccccc2-n2c4ccccc4c4cccc1c42)c1ccccc1n3-c1ccc(-n2c3ccccc3c3ccccc32)cc1. The van der Waals surface area contributed by atoms with Crippen molar-refractivity contribution in [2.24, 2.45) is 0 Å². The molecule has 0 radical (unpaired) electrons. The van der Waals surface area contributed by atoms with E-state index in [0.717, 1.165) is 11.4 Å². The smallest absolute Gasteiger partial charge is 0.0764 e. The van der Waals surface area contributed by atoms with Crippen molar-refractivity contribution in [1.82, 2.24) is 13.7 Å². The minimum absolute atomic E-state index is 0.529. The molecule has 1 unspecified atom stereocenters. The third-order valence-electron chi connectivity index (χ3n) is 13.3. The molecule has 2 aliphatic heterocycles. The minimum Gasteiger partial charge on any atom is -0.309 e. The van der Waals surface area contributed by atoms with Gasteiger partial charge in [0.2, 0.25) is 0 Å². The molecule has 9 aromatic carbocycles. The summed E-state index contributed by atoms with van der Waals surface area (Å²) < 4.78 is 7.39. The summed E-state index contributed by atoms with van der Waals surface area (Å²) >= 11 is 1.91. The molecule has 0 bridgehead atoms. The Morgan fingerprint density at radius 3 is 1.44 bits per heavy atom. The number of hydrogen-bond donors (Lipinski definition) is 0. The average molecular weight is 768 g/mol. The van der Waals surface area contributed by atoms with Gasteiger partial charge in [-0.05, 0) is 95.1 Å². The van der Waals surface area contributed by atoms with E-state index in [0.29, 0.717) is 0 Å². The number of hydrogen-bond acceptors (Lipinski definition) is 1. The van der Waals surface area contributed by atoms with Gasteiger partial charge < -0.3 is 13.7 Å². The van der Waals surface area contributed by atoms with Crippen LogP contribution in [0.5, 0.6) is 0 Å². The van der Waals surface area contributed by atoms with Crippen molar-refractivity contribution in [3.63, 3.8) is 0 Å². The highest BCUT2D eigenvalue weighted by molar-refractivity contribution is 7.99. The Morgan fingerprint density at radius 1 is 0.305 bits per heavy atom. The van der Waals surface area contributed by atoms with Gasteiger partial charge >= 0.3 is 0 Å². The number of rotatable bonds is 2. The topological polar surface area (TPSA) is 14.8 Å². The molecule has 4 heteroatoms. The molecule has 0 fully saturated rings. The molecule has 2 aliphatic rings. The molecule has 1 atom stereocenters. The molecule has 0 saturated carbocycles. The van der Waals surface area contributed by atoms with E-state index < -0.39 is 5.41 Å². The van der Waals surface area contributed by atoms with Gasteiger partial charge in [0.15, 0.2) is 0 Å². The fraction of sp³-hybridized carbons (Fsp3) is 0.0182. The molecule has 1 spiro atoms. The van der Waals surface area contributed by atoms with Crippen LogP contribution < -0.4 is 0 Å². The maximum atomic E-state index is 2.55. The van der Waals surface area contributed by atoms with Crippen molar-refractivity contribution >= 4 is 77.2 Å². The van der Waals surface area contributed by atoms with Crippen LogP contribution in [0.3, 0.4) is 0 Å². The molecule has 0 amide bonds. The summed E-state index contributed by atoms with van der Waals surface area (Å²) in [6.45, 7) is 0. The quantitative estimate of drug-likeness (QED) is 0.171. The van der Waals surface area contributed by atoms with Gasteiger partial charge in [-0.2, -0.15) is 0 Å². The summed E-state index contributed by atoms with van der Waals surface area (Å²) in [7, 11) is 0. The Balaban J connectivity index is 1.05. The van der Waals surface area contributed by atoms with Crippen LogP contribution in [0.4, 0.5) is 0 Å². The molecule has 5 heterocycles. The van der Waals surface area contributed by atoms with Crippen LogP contribution in [0, 0.1) is 0 Å². The predicted molar refractivity (Wildman–Crippen MR) is 245 cm³/mol. The zero-order chi connectivity index (χ0) is 38.4. The van der Waals surface area contributed by atoms with E-state index in [9.17, 15) is 0 Å². The first kappa shape index (κ1) is 31.8. The molecule has 274 valence electrons. The highest BCUT2D eigenvalue weighted by atomic mass is 32.2. The van der Waals surface area contributed by atoms with E-state index in [1.54, 1.807) is 0 Å². The number of fused-ring (bicyclic) bond motifs is 17. The first-order valence-electron chi connectivity index (χ1n) is 20.4. The standard InChI is InChI=1S/C55H33N3S/c1-7-22-46-36(14-1)37-15-2-8-23-47(37)56(46)34-28-30-35(31-29-34)57-48-24-9-4-17-39(48)41-32-45-53(33-51(41)57)59-52-27-12-6-20-43(52)55(45)42-19-5-11-26-50(42)58-49-25-10-3-16-38(49)40-18-13-21-44(55)54(40)58/h1-33H. The second-order valence-electron chi connectivity index (χ2n) is 16.0. The number of benzene rings is 9. The molecule has 3 nitrogen and oxygen atoms in total. The Bertz CT molecular complexity index is 3710. The van der Waals surface area contributed by atoms with E-state index >= 15 is 0 Å². The van der Waals surface area contributed by atoms with Gasteiger partial charge in [-0.3, -0.25) is 0 Å². The lowest BCUT2D eigenvalue weighted by Crippen LogP contribution is -2.37. The Labute approximate surface area is 344 Å². The van der Waals surface area contributed by atoms with Gasteiger partial charge in [-0.1, -0.05) is 139 Å². The molecule has 0 aliphatic carbocycles. The lowest BCUT2D eigenvalue weighted by molar-refractivity contribution is 0.691. The molecule has 12 aromatic rings. The molecule has 14 rings (SSSR count). The second-order valence-corrected chi connectivity index (χ2v) is 17.1. The summed E-state index contributed by atoms with van der Waals surface area (Å²) in [4.78, 5) is 2.59. The Morgan fingerprint density at radius 2 is 0.780 bits per heavy atom. The number of nitrogens with zero attached hydrogens (tertiary/aromatic N) is 3. The largest absolute Gasteiger partial charge is 0.309 e. The van der Waals surface area contributed by atoms with Crippen molar-refractivity contribution < 1.29 is 0 Å². The first-order chi connectivity index (χ1) is 29.3. The Kier molecular flexibility index (Phi) is 6.16. The highest BCUT2D eigenvalue weighted by Crippen LogP contribution is 2.61. The van der Waals surface area contributed by atoms with E-state index in [1.165, 1.54) is 103 Å². The third kappa shape index (κ3) is 3.95. The van der Waals surface area contributed by atoms with E-state index in [-0.39, 0.29) is 0 Å². The normalized spacial score (nSPS) is 15.5. The number of aromatic nitrogens is 3. The summed E-state index contributed by atoms with van der Waals surface area (Å²) in [5.41, 5.74) is 15.8. The van der Waals surface area contributed by atoms with Gasteiger partial charge in [-0.15, -0.1) is 0 Å². The monoisotopic (exact) mass is 767 g/mol. The van der Waals surface area contributed by atoms with Crippen molar-refractivity contribution in [1.29, 1.82) is 0 Å². The maximum absolute atomic E-state index is 2.55. The molecule has 0 N–H and O–H groups in total. The fourth-order valence-electron chi connectivity index (χ4n) is 11.0. The summed E-state index contributed by atoms with van der Waals surface area (Å²) in [6, 6.07) is 74.8. The molecular weight excluding hydrogens is 735 g/mol. The zero-order valence-corrected chi connectivity index (χ0v) is 32.6. The van der Waals surface area contributed by atoms with E-state index in [2.05, 4.69) is 214 Å². The molecular formula is C55H33N3S. The molecule has 59 heavy (non-hydrogen) atoms. The second kappa shape index (κ2) is 11.4. The van der Waals surface area contributed by atoms with Gasteiger partial charge in [0.05, 0.1) is 44.2 Å². The summed E-state index contributed by atoms with van der Waals surface area (Å²) in [5, 5.41) is 7.65. The Hall–Kier alpha value is -7.27. The van der Waals surface area contributed by atoms with Gasteiger partial charge in [0.1, 0.15) is 0 Å². The van der Waals surface area contributed by atoms with Crippen LogP contribution in [0.15, 0.2) is 210 Å². The van der Waals surface area contributed by atoms with Crippen molar-refractivity contribution in [3.05, 3.63) is 222 Å². The maximum Gasteiger partial charge on any atom is 0.0764 e. The lowest BCUT2D eigenvalue weighted by Gasteiger charge is -2.45. The number of para-hydroxylation sites is 6. The van der Waals surface area contributed by atoms with Crippen molar-refractivity contribution in [2.75, 3.05) is 0 Å². The van der Waals surface area contributed by atoms with Crippen molar-refractivity contribution in [2.45, 2.75) is 15.2 Å². The van der Waals surface area contributed by atoms with E-state index in [1.807, 2.05) is 11.8 Å². The van der Waals surface area contributed by atoms with Crippen molar-refractivity contribution in [3.8, 4) is 17.1 Å². The molecule has 0 saturated heterocycles. The summed E-state index contributed by atoms with van der Waals surface area (Å²) in [6.07, 6.45) is 0. The lowest BCUT2D eigenvalue weighted by atomic mass is 9.62. The minimum atomic E-state index is -0.529. The molecule has 3 aromatic heterocycles. The highest BCUT2D eigenvalue weighted by Gasteiger charge is 2.49. The summed E-state index contributed by atoms with van der Waals surface area (Å²) in [5.74, 6) is 0. The van der Waals surface area contributed by atoms with Crippen LogP contribution in [-0.4, -0.2) is 13.7 Å². The van der Waals surface area contributed by atoms with Crippen LogP contribution in [-0.2, 0) is 5.41 Å². The predicted octanol–water partition coefficient (Wildman–Crippen LogP) is 14.1. The van der Waals surface area contributed by atoms with Gasteiger partial charge in [-0.25, -0.2) is 0 Å². The zero-order valence-electron chi connectivity index (χ0n) is 31.8. The first-order valence-corrected chi connectivity index (χ1v) is 21.2. The van der Waals surface area contributed by atoms with Crippen LogP contribution in [0.1, 0.15) is 22.3 Å². The fourth-order valence-corrected chi connectivity index (χ4v) is 12.2. The average Bonchev–Trinajstić information content (AvgIpc) is 3.93. The van der Waals surface area contributed by atoms with Crippen LogP contribution >= 0.6 is 11.8 Å². The van der Waals surface area contributed by atoms with Crippen LogP contribution in [0.25, 0.3) is 82.5 Å². The van der Waals surface area contributed by atoms with Gasteiger partial charge in [0.25, 0.3) is 0 Å². The van der Waals surface area contributed by atoms with Crippen LogP contribution in [0.2, 0.25) is 0 Å². The third-order valence-corrected chi connectivity index (χ3v) is 14.4. The van der Waals surface area contributed by atoms with Gasteiger partial charge in [0, 0.05) is 53.5 Å². The van der Waals surface area contributed by atoms with E-state index in [4.69, 9.17) is 0 Å².